The van der Waals surface area contributed by atoms with Crippen molar-refractivity contribution in [2.75, 3.05) is 18.0 Å². The maximum atomic E-state index is 12.9. The van der Waals surface area contributed by atoms with Crippen molar-refractivity contribution in [2.24, 2.45) is 5.92 Å². The largest absolute Gasteiger partial charge is 0.355 e. The summed E-state index contributed by atoms with van der Waals surface area (Å²) in [7, 11) is 0. The van der Waals surface area contributed by atoms with E-state index < -0.39 is 0 Å². The summed E-state index contributed by atoms with van der Waals surface area (Å²) in [6, 6.07) is 10.5. The van der Waals surface area contributed by atoms with E-state index in [2.05, 4.69) is 39.2 Å². The Hall–Kier alpha value is -2.43. The molecule has 1 N–H and O–H groups in total. The topological polar surface area (TPSA) is 58.1 Å². The van der Waals surface area contributed by atoms with Crippen LogP contribution < -0.4 is 10.2 Å². The summed E-state index contributed by atoms with van der Waals surface area (Å²) in [4.78, 5) is 23.6. The van der Waals surface area contributed by atoms with E-state index in [0.29, 0.717) is 0 Å². The van der Waals surface area contributed by atoms with Gasteiger partial charge in [-0.3, -0.25) is 9.78 Å². The van der Waals surface area contributed by atoms with Gasteiger partial charge in [0.25, 0.3) is 0 Å². The van der Waals surface area contributed by atoms with E-state index in [4.69, 9.17) is 0 Å². The highest BCUT2D eigenvalue weighted by molar-refractivity contribution is 5.79. The predicted octanol–water partition coefficient (Wildman–Crippen LogP) is 4.13. The summed E-state index contributed by atoms with van der Waals surface area (Å²) in [6.45, 7) is 3.91. The van der Waals surface area contributed by atoms with Crippen molar-refractivity contribution < 1.29 is 4.79 Å². The maximum absolute atomic E-state index is 12.9. The molecule has 1 atom stereocenters. The van der Waals surface area contributed by atoms with Crippen LogP contribution in [0.25, 0.3) is 0 Å². The van der Waals surface area contributed by atoms with Gasteiger partial charge in [-0.25, -0.2) is 4.98 Å². The molecule has 0 radical (unpaired) electrons. The average Bonchev–Trinajstić information content (AvgIpc) is 2.74. The summed E-state index contributed by atoms with van der Waals surface area (Å²) in [5.41, 5.74) is 1.21. The first-order chi connectivity index (χ1) is 13.3. The lowest BCUT2D eigenvalue weighted by atomic mass is 9.94. The minimum Gasteiger partial charge on any atom is -0.355 e. The molecule has 1 aliphatic heterocycles. The second kappa shape index (κ2) is 10.0. The molecule has 0 saturated carbocycles. The molecule has 0 bridgehead atoms. The van der Waals surface area contributed by atoms with Gasteiger partial charge in [-0.2, -0.15) is 0 Å². The van der Waals surface area contributed by atoms with Gasteiger partial charge >= 0.3 is 0 Å². The zero-order valence-electron chi connectivity index (χ0n) is 16.2. The molecule has 1 unspecified atom stereocenters. The van der Waals surface area contributed by atoms with Crippen molar-refractivity contribution in [1.82, 2.24) is 15.3 Å². The summed E-state index contributed by atoms with van der Waals surface area (Å²) in [6.07, 6.45) is 11.5. The fourth-order valence-corrected chi connectivity index (χ4v) is 3.72. The number of nitrogens with one attached hydrogen (secondary N) is 1. The third-order valence-electron chi connectivity index (χ3n) is 5.35. The summed E-state index contributed by atoms with van der Waals surface area (Å²) in [5, 5.41) is 3.33. The number of amides is 1. The molecule has 0 spiro atoms. The minimum absolute atomic E-state index is 0.0790. The van der Waals surface area contributed by atoms with Crippen molar-refractivity contribution in [3.8, 4) is 0 Å². The molecule has 3 rings (SSSR count). The number of anilines is 1. The molecule has 0 aliphatic carbocycles. The lowest BCUT2D eigenvalue weighted by molar-refractivity contribution is -0.126. The Morgan fingerprint density at radius 2 is 1.96 bits per heavy atom. The van der Waals surface area contributed by atoms with Crippen molar-refractivity contribution >= 4 is 11.7 Å². The van der Waals surface area contributed by atoms with Crippen LogP contribution in [-0.4, -0.2) is 29.0 Å². The summed E-state index contributed by atoms with van der Waals surface area (Å²) in [5.74, 6) is 1.17. The molecule has 1 saturated heterocycles. The highest BCUT2D eigenvalue weighted by atomic mass is 16.1. The first-order valence-corrected chi connectivity index (χ1v) is 10.1. The van der Waals surface area contributed by atoms with Crippen LogP contribution in [0.5, 0.6) is 0 Å². The molecule has 2 aromatic rings. The van der Waals surface area contributed by atoms with Gasteiger partial charge in [0, 0.05) is 31.4 Å². The predicted molar refractivity (Wildman–Crippen MR) is 108 cm³/mol. The normalized spacial score (nSPS) is 16.1. The van der Waals surface area contributed by atoms with E-state index in [1.54, 1.807) is 18.6 Å². The van der Waals surface area contributed by atoms with Crippen LogP contribution in [-0.2, 0) is 4.79 Å². The Morgan fingerprint density at radius 3 is 2.63 bits per heavy atom. The smallest absolute Gasteiger partial charge is 0.223 e. The fourth-order valence-electron chi connectivity index (χ4n) is 3.72. The van der Waals surface area contributed by atoms with Gasteiger partial charge < -0.3 is 10.2 Å². The molecule has 1 amide bonds. The number of carbonyl (C=O) groups is 1. The number of hydrogen-bond acceptors (Lipinski definition) is 4. The molecule has 1 aromatic heterocycles. The molecule has 2 heterocycles. The number of hydrogen-bond donors (Lipinski definition) is 1. The Morgan fingerprint density at radius 1 is 1.19 bits per heavy atom. The van der Waals surface area contributed by atoms with Gasteiger partial charge in [0.2, 0.25) is 5.91 Å². The fraction of sp³-hybridized carbons (Fsp3) is 0.500. The van der Waals surface area contributed by atoms with Crippen molar-refractivity contribution in [3.63, 3.8) is 0 Å². The van der Waals surface area contributed by atoms with E-state index in [-0.39, 0.29) is 17.9 Å². The zero-order chi connectivity index (χ0) is 18.9. The van der Waals surface area contributed by atoms with Crippen LogP contribution in [0.4, 0.5) is 5.82 Å². The van der Waals surface area contributed by atoms with Crippen LogP contribution in [0.1, 0.15) is 57.1 Å². The number of nitrogens with zero attached hydrogens (tertiary/aromatic N) is 3. The lowest BCUT2D eigenvalue weighted by Gasteiger charge is -2.32. The van der Waals surface area contributed by atoms with E-state index in [0.717, 1.165) is 44.6 Å². The third kappa shape index (κ3) is 5.52. The maximum Gasteiger partial charge on any atom is 0.223 e. The number of aromatic nitrogens is 2. The molecule has 5 heteroatoms. The first kappa shape index (κ1) is 19.3. The van der Waals surface area contributed by atoms with Gasteiger partial charge in [-0.05, 0) is 24.8 Å². The molecule has 144 valence electrons. The highest BCUT2D eigenvalue weighted by Crippen LogP contribution is 2.24. The van der Waals surface area contributed by atoms with E-state index in [1.807, 2.05) is 18.2 Å². The molecule has 5 nitrogen and oxygen atoms in total. The van der Waals surface area contributed by atoms with Crippen LogP contribution in [0, 0.1) is 5.92 Å². The van der Waals surface area contributed by atoms with E-state index in [9.17, 15) is 4.79 Å². The Bertz CT molecular complexity index is 684. The molecule has 1 fully saturated rings. The number of piperidine rings is 1. The number of benzene rings is 1. The summed E-state index contributed by atoms with van der Waals surface area (Å²) < 4.78 is 0. The number of rotatable bonds is 8. The SMILES string of the molecule is CCCCCC(NC(=O)C1CCN(c2cnccn2)CC1)c1ccccc1. The Balaban J connectivity index is 1.56. The quantitative estimate of drug-likeness (QED) is 0.714. The van der Waals surface area contributed by atoms with E-state index >= 15 is 0 Å². The van der Waals surface area contributed by atoms with Crippen LogP contribution in [0.2, 0.25) is 0 Å². The summed E-state index contributed by atoms with van der Waals surface area (Å²) >= 11 is 0. The lowest BCUT2D eigenvalue weighted by Crippen LogP contribution is -2.42. The van der Waals surface area contributed by atoms with Crippen LogP contribution >= 0.6 is 0 Å². The van der Waals surface area contributed by atoms with Gasteiger partial charge in [-0.15, -0.1) is 0 Å². The Kier molecular flexibility index (Phi) is 7.19. The molecule has 1 aromatic carbocycles. The van der Waals surface area contributed by atoms with Crippen molar-refractivity contribution in [2.45, 2.75) is 51.5 Å². The Labute approximate surface area is 162 Å². The van der Waals surface area contributed by atoms with Crippen LogP contribution in [0.3, 0.4) is 0 Å². The van der Waals surface area contributed by atoms with Crippen molar-refractivity contribution in [1.29, 1.82) is 0 Å². The second-order valence-corrected chi connectivity index (χ2v) is 7.29. The van der Waals surface area contributed by atoms with Gasteiger partial charge in [0.05, 0.1) is 12.2 Å². The number of carbonyl (C=O) groups excluding carboxylic acids is 1. The first-order valence-electron chi connectivity index (χ1n) is 10.1. The molecular formula is C22H30N4O. The molecule has 27 heavy (non-hydrogen) atoms. The monoisotopic (exact) mass is 366 g/mol. The van der Waals surface area contributed by atoms with E-state index in [1.165, 1.54) is 18.4 Å². The van der Waals surface area contributed by atoms with Gasteiger partial charge in [-0.1, -0.05) is 56.5 Å². The van der Waals surface area contributed by atoms with Gasteiger partial charge in [0.15, 0.2) is 0 Å². The van der Waals surface area contributed by atoms with Crippen molar-refractivity contribution in [3.05, 3.63) is 54.5 Å². The minimum atomic E-state index is 0.0790. The molecular weight excluding hydrogens is 336 g/mol. The second-order valence-electron chi connectivity index (χ2n) is 7.29. The van der Waals surface area contributed by atoms with Crippen LogP contribution in [0.15, 0.2) is 48.9 Å². The zero-order valence-corrected chi connectivity index (χ0v) is 16.2. The van der Waals surface area contributed by atoms with Gasteiger partial charge in [0.1, 0.15) is 5.82 Å². The number of unbranched alkanes of at least 4 members (excludes halogenated alkanes) is 2. The standard InChI is InChI=1S/C22H30N4O/c1-2-3-5-10-20(18-8-6-4-7-9-18)25-22(27)19-11-15-26(16-12-19)21-17-23-13-14-24-21/h4,6-9,13-14,17,19-20H,2-3,5,10-12,15-16H2,1H3,(H,25,27). The molecule has 1 aliphatic rings. The average molecular weight is 367 g/mol. The third-order valence-corrected chi connectivity index (χ3v) is 5.35. The highest BCUT2D eigenvalue weighted by Gasteiger charge is 2.27.